The van der Waals surface area contributed by atoms with Crippen molar-refractivity contribution in [2.75, 3.05) is 26.7 Å². The first kappa shape index (κ1) is 18.3. The van der Waals surface area contributed by atoms with E-state index < -0.39 is 0 Å². The molecule has 1 aromatic heterocycles. The van der Waals surface area contributed by atoms with E-state index in [1.165, 1.54) is 0 Å². The quantitative estimate of drug-likeness (QED) is 0.657. The van der Waals surface area contributed by atoms with Crippen LogP contribution in [0, 0.1) is 3.57 Å². The molecule has 0 spiro atoms. The van der Waals surface area contributed by atoms with Crippen molar-refractivity contribution in [3.8, 4) is 0 Å². The molecule has 0 atom stereocenters. The summed E-state index contributed by atoms with van der Waals surface area (Å²) >= 11 is 2.25. The smallest absolute Gasteiger partial charge is 0.253 e. The van der Waals surface area contributed by atoms with Crippen molar-refractivity contribution >= 4 is 28.5 Å². The summed E-state index contributed by atoms with van der Waals surface area (Å²) in [6, 6.07) is 14.2. The van der Waals surface area contributed by atoms with Crippen molar-refractivity contribution in [2.24, 2.45) is 0 Å². The molecule has 1 amide bonds. The molecule has 3 rings (SSSR count). The first-order valence-corrected chi connectivity index (χ1v) is 9.86. The van der Waals surface area contributed by atoms with Crippen LogP contribution >= 0.6 is 22.6 Å². The number of likely N-dealkylation sites (tertiary alicyclic amines) is 1. The van der Waals surface area contributed by atoms with E-state index >= 15 is 0 Å². The summed E-state index contributed by atoms with van der Waals surface area (Å²) in [7, 11) is 1.94. The SMILES string of the molecule is CN(C(=O)c1cccc(I)c1)C1CCN(CCc2ccccn2)CC1. The number of aromatic nitrogens is 1. The molecule has 2 heterocycles. The lowest BCUT2D eigenvalue weighted by atomic mass is 10.0. The lowest BCUT2D eigenvalue weighted by molar-refractivity contribution is 0.0643. The number of piperidine rings is 1. The zero-order valence-electron chi connectivity index (χ0n) is 14.6. The normalized spacial score (nSPS) is 15.9. The zero-order valence-corrected chi connectivity index (χ0v) is 16.7. The number of benzene rings is 1. The van der Waals surface area contributed by atoms with E-state index in [4.69, 9.17) is 0 Å². The summed E-state index contributed by atoms with van der Waals surface area (Å²) in [6.45, 7) is 3.13. The van der Waals surface area contributed by atoms with Gasteiger partial charge in [-0.15, -0.1) is 0 Å². The average Bonchev–Trinajstić information content (AvgIpc) is 2.66. The fourth-order valence-electron chi connectivity index (χ4n) is 3.34. The minimum Gasteiger partial charge on any atom is -0.339 e. The summed E-state index contributed by atoms with van der Waals surface area (Å²) in [5.74, 6) is 0.130. The maximum atomic E-state index is 12.7. The van der Waals surface area contributed by atoms with Gasteiger partial charge in [0.2, 0.25) is 0 Å². The Balaban J connectivity index is 1.49. The van der Waals surface area contributed by atoms with Gasteiger partial charge in [0.05, 0.1) is 0 Å². The Hall–Kier alpha value is -1.47. The van der Waals surface area contributed by atoms with Gasteiger partial charge in [-0.05, 0) is 65.8 Å². The molecule has 0 unspecified atom stereocenters. The Labute approximate surface area is 163 Å². The Bertz CT molecular complexity index is 699. The van der Waals surface area contributed by atoms with Crippen LogP contribution in [-0.4, -0.2) is 53.4 Å². The third-order valence-electron chi connectivity index (χ3n) is 4.91. The maximum absolute atomic E-state index is 12.7. The van der Waals surface area contributed by atoms with Crippen LogP contribution < -0.4 is 0 Å². The Morgan fingerprint density at radius 2 is 2.04 bits per heavy atom. The van der Waals surface area contributed by atoms with Crippen molar-refractivity contribution in [3.05, 3.63) is 63.5 Å². The molecule has 0 saturated carbocycles. The molecule has 4 nitrogen and oxygen atoms in total. The highest BCUT2D eigenvalue weighted by Crippen LogP contribution is 2.18. The Morgan fingerprint density at radius 1 is 1.24 bits per heavy atom. The van der Waals surface area contributed by atoms with E-state index in [0.717, 1.165) is 53.7 Å². The van der Waals surface area contributed by atoms with E-state index in [0.29, 0.717) is 6.04 Å². The predicted octanol–water partition coefficient (Wildman–Crippen LogP) is 3.47. The van der Waals surface area contributed by atoms with Crippen molar-refractivity contribution < 1.29 is 4.79 Å². The van der Waals surface area contributed by atoms with Crippen molar-refractivity contribution in [1.29, 1.82) is 0 Å². The fourth-order valence-corrected chi connectivity index (χ4v) is 3.88. The lowest BCUT2D eigenvalue weighted by Crippen LogP contribution is -2.46. The number of rotatable bonds is 5. The molecule has 1 aliphatic heterocycles. The van der Waals surface area contributed by atoms with Crippen LogP contribution in [0.4, 0.5) is 0 Å². The molecule has 5 heteroatoms. The van der Waals surface area contributed by atoms with Gasteiger partial charge in [-0.2, -0.15) is 0 Å². The van der Waals surface area contributed by atoms with E-state index in [1.54, 1.807) is 0 Å². The fraction of sp³-hybridized carbons (Fsp3) is 0.400. The number of carbonyl (C=O) groups is 1. The van der Waals surface area contributed by atoms with Gasteiger partial charge in [-0.25, -0.2) is 0 Å². The molecule has 0 N–H and O–H groups in total. The molecule has 2 aromatic rings. The standard InChI is InChI=1S/C20H24IN3O/c1-23(20(25)16-5-4-6-17(21)15-16)19-9-13-24(14-10-19)12-8-18-7-2-3-11-22-18/h2-7,11,15,19H,8-10,12-14H2,1H3. The maximum Gasteiger partial charge on any atom is 0.253 e. The number of pyridine rings is 1. The van der Waals surface area contributed by atoms with E-state index in [2.05, 4.69) is 38.5 Å². The number of halogens is 1. The highest BCUT2D eigenvalue weighted by Gasteiger charge is 2.25. The number of carbonyl (C=O) groups excluding carboxylic acids is 1. The Kier molecular flexibility index (Phi) is 6.42. The van der Waals surface area contributed by atoms with Gasteiger partial charge in [-0.1, -0.05) is 12.1 Å². The van der Waals surface area contributed by atoms with Crippen LogP contribution in [0.15, 0.2) is 48.7 Å². The van der Waals surface area contributed by atoms with Gasteiger partial charge in [0.1, 0.15) is 0 Å². The van der Waals surface area contributed by atoms with Crippen molar-refractivity contribution in [2.45, 2.75) is 25.3 Å². The molecule has 1 aromatic carbocycles. The molecular formula is C20H24IN3O. The predicted molar refractivity (Wildman–Crippen MR) is 109 cm³/mol. The minimum atomic E-state index is 0.130. The third kappa shape index (κ3) is 5.01. The van der Waals surface area contributed by atoms with Crippen LogP contribution in [0.2, 0.25) is 0 Å². The zero-order chi connectivity index (χ0) is 17.6. The molecule has 0 aliphatic carbocycles. The van der Waals surface area contributed by atoms with Crippen LogP contribution in [0.25, 0.3) is 0 Å². The number of amides is 1. The topological polar surface area (TPSA) is 36.4 Å². The van der Waals surface area contributed by atoms with Gasteiger partial charge in [0, 0.05) is 60.2 Å². The third-order valence-corrected chi connectivity index (χ3v) is 5.58. The summed E-state index contributed by atoms with van der Waals surface area (Å²) in [4.78, 5) is 21.5. The van der Waals surface area contributed by atoms with Gasteiger partial charge in [0.25, 0.3) is 5.91 Å². The molecule has 0 bridgehead atoms. The number of hydrogen-bond donors (Lipinski definition) is 0. The summed E-state index contributed by atoms with van der Waals surface area (Å²) in [5.41, 5.74) is 1.93. The highest BCUT2D eigenvalue weighted by atomic mass is 127. The van der Waals surface area contributed by atoms with Crippen molar-refractivity contribution in [1.82, 2.24) is 14.8 Å². The van der Waals surface area contributed by atoms with Gasteiger partial charge in [-0.3, -0.25) is 9.78 Å². The summed E-state index contributed by atoms with van der Waals surface area (Å²) in [6.07, 6.45) is 4.92. The summed E-state index contributed by atoms with van der Waals surface area (Å²) in [5, 5.41) is 0. The lowest BCUT2D eigenvalue weighted by Gasteiger charge is -2.36. The Morgan fingerprint density at radius 3 is 2.72 bits per heavy atom. The highest BCUT2D eigenvalue weighted by molar-refractivity contribution is 14.1. The second-order valence-electron chi connectivity index (χ2n) is 6.57. The second-order valence-corrected chi connectivity index (χ2v) is 7.82. The largest absolute Gasteiger partial charge is 0.339 e. The van der Waals surface area contributed by atoms with E-state index in [1.807, 2.05) is 54.5 Å². The summed E-state index contributed by atoms with van der Waals surface area (Å²) < 4.78 is 1.10. The van der Waals surface area contributed by atoms with E-state index in [-0.39, 0.29) is 5.91 Å². The van der Waals surface area contributed by atoms with E-state index in [9.17, 15) is 4.79 Å². The van der Waals surface area contributed by atoms with Crippen molar-refractivity contribution in [3.63, 3.8) is 0 Å². The molecule has 0 radical (unpaired) electrons. The van der Waals surface area contributed by atoms with Crippen LogP contribution in [0.1, 0.15) is 28.9 Å². The number of nitrogens with zero attached hydrogens (tertiary/aromatic N) is 3. The first-order chi connectivity index (χ1) is 12.1. The molecule has 25 heavy (non-hydrogen) atoms. The van der Waals surface area contributed by atoms with Gasteiger partial charge >= 0.3 is 0 Å². The molecule has 1 aliphatic rings. The van der Waals surface area contributed by atoms with Gasteiger partial charge in [0.15, 0.2) is 0 Å². The minimum absolute atomic E-state index is 0.130. The molecule has 132 valence electrons. The first-order valence-electron chi connectivity index (χ1n) is 8.78. The van der Waals surface area contributed by atoms with Gasteiger partial charge < -0.3 is 9.80 Å². The molecule has 1 fully saturated rings. The second kappa shape index (κ2) is 8.76. The monoisotopic (exact) mass is 449 g/mol. The molecular weight excluding hydrogens is 425 g/mol. The average molecular weight is 449 g/mol. The van der Waals surface area contributed by atoms with Crippen LogP contribution in [0.5, 0.6) is 0 Å². The molecule has 1 saturated heterocycles. The number of hydrogen-bond acceptors (Lipinski definition) is 3. The van der Waals surface area contributed by atoms with Crippen LogP contribution in [-0.2, 0) is 6.42 Å². The van der Waals surface area contributed by atoms with Crippen LogP contribution in [0.3, 0.4) is 0 Å².